The molecule has 0 saturated carbocycles. The molecule has 0 fully saturated rings. The number of rotatable bonds is 6. The van der Waals surface area contributed by atoms with Gasteiger partial charge in [-0.15, -0.1) is 0 Å². The van der Waals surface area contributed by atoms with E-state index in [0.29, 0.717) is 34.9 Å². The van der Waals surface area contributed by atoms with E-state index >= 15 is 0 Å². The lowest BCUT2D eigenvalue weighted by Gasteiger charge is -2.23. The van der Waals surface area contributed by atoms with Crippen LogP contribution >= 0.6 is 0 Å². The second kappa shape index (κ2) is 9.34. The molecule has 2 heterocycles. The first kappa shape index (κ1) is 22.2. The fraction of sp³-hybridized carbons (Fsp3) is 0.148. The molecule has 176 valence electrons. The maximum absolute atomic E-state index is 13.4. The van der Waals surface area contributed by atoms with E-state index in [2.05, 4.69) is 10.6 Å². The Morgan fingerprint density at radius 2 is 1.89 bits per heavy atom. The van der Waals surface area contributed by atoms with Crippen molar-refractivity contribution in [2.45, 2.75) is 19.6 Å². The maximum atomic E-state index is 13.4. The molecule has 35 heavy (non-hydrogen) atoms. The van der Waals surface area contributed by atoms with Crippen molar-refractivity contribution in [3.8, 4) is 22.8 Å². The number of fused-ring (bicyclic) bond motifs is 1. The number of hydrogen-bond acceptors (Lipinski definition) is 5. The molecule has 5 rings (SSSR count). The van der Waals surface area contributed by atoms with Crippen LogP contribution in [0.1, 0.15) is 22.8 Å². The number of anilines is 2. The molecule has 0 radical (unpaired) electrons. The second-order valence-electron chi connectivity index (χ2n) is 8.22. The summed E-state index contributed by atoms with van der Waals surface area (Å²) in [5.74, 6) is 0.734. The zero-order valence-electron chi connectivity index (χ0n) is 19.3. The van der Waals surface area contributed by atoms with Crippen LogP contribution < -0.4 is 20.1 Å². The molecule has 2 N–H and O–H groups in total. The first-order valence-corrected chi connectivity index (χ1v) is 11.2. The van der Waals surface area contributed by atoms with Crippen molar-refractivity contribution in [1.29, 1.82) is 0 Å². The number of methoxy groups -OCH3 is 1. The summed E-state index contributed by atoms with van der Waals surface area (Å²) >= 11 is 0. The molecule has 8 nitrogen and oxygen atoms in total. The Balaban J connectivity index is 1.45. The lowest BCUT2D eigenvalue weighted by molar-refractivity contribution is -0.122. The largest absolute Gasteiger partial charge is 0.497 e. The summed E-state index contributed by atoms with van der Waals surface area (Å²) in [6, 6.07) is 22.5. The van der Waals surface area contributed by atoms with Crippen LogP contribution in [0.2, 0.25) is 0 Å². The van der Waals surface area contributed by atoms with Crippen LogP contribution in [0.15, 0.2) is 79.0 Å². The third-order valence-corrected chi connectivity index (χ3v) is 5.73. The average molecular weight is 469 g/mol. The van der Waals surface area contributed by atoms with Gasteiger partial charge < -0.3 is 20.1 Å². The molecular weight excluding hydrogens is 444 g/mol. The highest BCUT2D eigenvalue weighted by Gasteiger charge is 2.24. The quantitative estimate of drug-likeness (QED) is 0.432. The van der Waals surface area contributed by atoms with Gasteiger partial charge in [-0.25, -0.2) is 0 Å². The standard InChI is InChI=1S/C27H24N4O4/c1-17-26(32)29-23-14-20(10-13-24(23)35-17)28-27(33)22-16-31(15-18-6-4-3-5-7-18)30-25(22)19-8-11-21(34-2)12-9-19/h3-14,16-17H,15H2,1-2H3,(H,28,33)(H,29,32). The van der Waals surface area contributed by atoms with Gasteiger partial charge in [-0.2, -0.15) is 5.10 Å². The van der Waals surface area contributed by atoms with Crippen molar-refractivity contribution in [2.75, 3.05) is 17.7 Å². The van der Waals surface area contributed by atoms with Crippen molar-refractivity contribution < 1.29 is 19.1 Å². The topological polar surface area (TPSA) is 94.5 Å². The number of carbonyl (C=O) groups is 2. The van der Waals surface area contributed by atoms with Gasteiger partial charge in [0.05, 0.1) is 24.9 Å². The zero-order valence-corrected chi connectivity index (χ0v) is 19.3. The van der Waals surface area contributed by atoms with E-state index < -0.39 is 6.10 Å². The Kier molecular flexibility index (Phi) is 5.93. The number of nitrogens with zero attached hydrogens (tertiary/aromatic N) is 2. The van der Waals surface area contributed by atoms with Crippen LogP contribution in [0, 0.1) is 0 Å². The molecule has 1 aliphatic heterocycles. The van der Waals surface area contributed by atoms with Crippen LogP contribution in [0.4, 0.5) is 11.4 Å². The highest BCUT2D eigenvalue weighted by atomic mass is 16.5. The van der Waals surface area contributed by atoms with Crippen LogP contribution in [0.25, 0.3) is 11.3 Å². The zero-order chi connectivity index (χ0) is 24.4. The van der Waals surface area contributed by atoms with Crippen molar-refractivity contribution in [2.24, 2.45) is 0 Å². The Bertz CT molecular complexity index is 1380. The number of ether oxygens (including phenoxy) is 2. The van der Waals surface area contributed by atoms with E-state index in [-0.39, 0.29) is 11.8 Å². The molecule has 0 bridgehead atoms. The smallest absolute Gasteiger partial charge is 0.265 e. The first-order valence-electron chi connectivity index (χ1n) is 11.2. The minimum absolute atomic E-state index is 0.232. The molecule has 1 unspecified atom stereocenters. The molecule has 0 saturated heterocycles. The van der Waals surface area contributed by atoms with Crippen LogP contribution in [0.3, 0.4) is 0 Å². The lowest BCUT2D eigenvalue weighted by atomic mass is 10.1. The molecule has 0 spiro atoms. The third-order valence-electron chi connectivity index (χ3n) is 5.73. The molecule has 4 aromatic rings. The molecule has 0 aliphatic carbocycles. The number of carbonyl (C=O) groups excluding carboxylic acids is 2. The highest BCUT2D eigenvalue weighted by molar-refractivity contribution is 6.08. The Morgan fingerprint density at radius 1 is 1.11 bits per heavy atom. The van der Waals surface area contributed by atoms with Crippen molar-refractivity contribution in [1.82, 2.24) is 9.78 Å². The van der Waals surface area contributed by atoms with Gasteiger partial charge in [-0.3, -0.25) is 14.3 Å². The van der Waals surface area contributed by atoms with Gasteiger partial charge in [0.1, 0.15) is 17.2 Å². The van der Waals surface area contributed by atoms with Gasteiger partial charge in [-0.05, 0) is 55.0 Å². The summed E-state index contributed by atoms with van der Waals surface area (Å²) in [5, 5.41) is 10.4. The Labute approximate surface area is 202 Å². The monoisotopic (exact) mass is 468 g/mol. The van der Waals surface area contributed by atoms with Gasteiger partial charge >= 0.3 is 0 Å². The molecule has 3 aromatic carbocycles. The summed E-state index contributed by atoms with van der Waals surface area (Å²) in [7, 11) is 1.61. The normalized spacial score (nSPS) is 14.5. The van der Waals surface area contributed by atoms with E-state index in [4.69, 9.17) is 14.6 Å². The first-order chi connectivity index (χ1) is 17.0. The summed E-state index contributed by atoms with van der Waals surface area (Å²) in [6.45, 7) is 2.21. The molecule has 2 amide bonds. The number of amides is 2. The number of nitrogens with one attached hydrogen (secondary N) is 2. The second-order valence-corrected chi connectivity index (χ2v) is 8.22. The lowest BCUT2D eigenvalue weighted by Crippen LogP contribution is -2.34. The van der Waals surface area contributed by atoms with E-state index in [9.17, 15) is 9.59 Å². The molecule has 1 atom stereocenters. The molecule has 1 aromatic heterocycles. The summed E-state index contributed by atoms with van der Waals surface area (Å²) in [5.41, 5.74) is 3.90. The van der Waals surface area contributed by atoms with Gasteiger partial charge in [0.25, 0.3) is 11.8 Å². The fourth-order valence-corrected chi connectivity index (χ4v) is 3.89. The van der Waals surface area contributed by atoms with Crippen LogP contribution in [-0.4, -0.2) is 34.8 Å². The molecule has 8 heteroatoms. The summed E-state index contributed by atoms with van der Waals surface area (Å²) in [4.78, 5) is 25.3. The van der Waals surface area contributed by atoms with E-state index in [1.807, 2.05) is 54.6 Å². The van der Waals surface area contributed by atoms with Crippen molar-refractivity contribution in [3.63, 3.8) is 0 Å². The maximum Gasteiger partial charge on any atom is 0.265 e. The minimum atomic E-state index is -0.564. The Morgan fingerprint density at radius 3 is 2.63 bits per heavy atom. The van der Waals surface area contributed by atoms with Gasteiger partial charge in [0.15, 0.2) is 6.10 Å². The van der Waals surface area contributed by atoms with Gasteiger partial charge in [-0.1, -0.05) is 30.3 Å². The number of aromatic nitrogens is 2. The van der Waals surface area contributed by atoms with Crippen molar-refractivity contribution in [3.05, 3.63) is 90.1 Å². The predicted molar refractivity (Wildman–Crippen MR) is 133 cm³/mol. The Hall–Kier alpha value is -4.59. The van der Waals surface area contributed by atoms with Crippen LogP contribution in [-0.2, 0) is 11.3 Å². The minimum Gasteiger partial charge on any atom is -0.497 e. The molecular formula is C27H24N4O4. The molecule has 1 aliphatic rings. The number of hydrogen-bond donors (Lipinski definition) is 2. The SMILES string of the molecule is COc1ccc(-c2nn(Cc3ccccc3)cc2C(=O)Nc2ccc3c(c2)NC(=O)C(C)O3)cc1. The number of benzene rings is 3. The van der Waals surface area contributed by atoms with E-state index in [1.165, 1.54) is 0 Å². The fourth-order valence-electron chi connectivity index (χ4n) is 3.89. The summed E-state index contributed by atoms with van der Waals surface area (Å²) in [6.07, 6.45) is 1.18. The van der Waals surface area contributed by atoms with Crippen LogP contribution in [0.5, 0.6) is 11.5 Å². The van der Waals surface area contributed by atoms with E-state index in [0.717, 1.165) is 16.9 Å². The van der Waals surface area contributed by atoms with Gasteiger partial charge in [0.2, 0.25) is 0 Å². The predicted octanol–water partition coefficient (Wildman–Crippen LogP) is 4.58. The summed E-state index contributed by atoms with van der Waals surface area (Å²) < 4.78 is 12.6. The van der Waals surface area contributed by atoms with Gasteiger partial charge in [0, 0.05) is 17.4 Å². The highest BCUT2D eigenvalue weighted by Crippen LogP contribution is 2.33. The van der Waals surface area contributed by atoms with E-state index in [1.54, 1.807) is 43.1 Å². The average Bonchev–Trinajstić information content (AvgIpc) is 3.29. The van der Waals surface area contributed by atoms with Crippen molar-refractivity contribution >= 4 is 23.2 Å². The third kappa shape index (κ3) is 4.72.